The van der Waals surface area contributed by atoms with Gasteiger partial charge in [0.2, 0.25) is 0 Å². The number of carbonyl (C=O) groups is 1. The highest BCUT2D eigenvalue weighted by atomic mass is 16.6. The lowest BCUT2D eigenvalue weighted by atomic mass is 10.4. The average molecular weight is 263 g/mol. The fourth-order valence-corrected chi connectivity index (χ4v) is 1.39. The first kappa shape index (κ1) is 12.9. The van der Waals surface area contributed by atoms with Crippen LogP contribution in [0.5, 0.6) is 6.01 Å². The molecule has 19 heavy (non-hydrogen) atoms. The van der Waals surface area contributed by atoms with Gasteiger partial charge in [-0.25, -0.2) is 14.5 Å². The van der Waals surface area contributed by atoms with E-state index in [1.807, 2.05) is 0 Å². The van der Waals surface area contributed by atoms with Crippen molar-refractivity contribution >= 4 is 5.97 Å². The Morgan fingerprint density at radius 3 is 2.95 bits per heavy atom. The maximum atomic E-state index is 11.1. The van der Waals surface area contributed by atoms with Crippen molar-refractivity contribution < 1.29 is 14.3 Å². The predicted molar refractivity (Wildman–Crippen MR) is 64.2 cm³/mol. The van der Waals surface area contributed by atoms with Gasteiger partial charge >= 0.3 is 12.0 Å². The molecule has 2 aromatic rings. The number of aryl methyl sites for hydroxylation is 1. The number of nitrogens with zero attached hydrogens (tertiary/aromatic N) is 5. The molecule has 0 amide bonds. The van der Waals surface area contributed by atoms with E-state index in [1.54, 1.807) is 32.6 Å². The summed E-state index contributed by atoms with van der Waals surface area (Å²) in [6, 6.07) is 0.0937. The highest BCUT2D eigenvalue weighted by molar-refractivity contribution is 5.70. The van der Waals surface area contributed by atoms with Gasteiger partial charge in [-0.2, -0.15) is 4.98 Å². The van der Waals surface area contributed by atoms with Gasteiger partial charge in [-0.15, -0.1) is 5.10 Å². The number of rotatable bonds is 5. The van der Waals surface area contributed by atoms with Crippen LogP contribution in [0.2, 0.25) is 0 Å². The monoisotopic (exact) mass is 263 g/mol. The summed E-state index contributed by atoms with van der Waals surface area (Å²) in [4.78, 5) is 23.3. The number of hydrogen-bond donors (Lipinski definition) is 0. The number of aromatic nitrogens is 5. The molecule has 2 heterocycles. The maximum absolute atomic E-state index is 11.1. The molecule has 2 aromatic heterocycles. The van der Waals surface area contributed by atoms with Crippen molar-refractivity contribution in [2.45, 2.75) is 6.92 Å². The summed E-state index contributed by atoms with van der Waals surface area (Å²) in [5.74, 6) is 0.0444. The van der Waals surface area contributed by atoms with Crippen molar-refractivity contribution in [2.75, 3.05) is 13.2 Å². The summed E-state index contributed by atoms with van der Waals surface area (Å²) in [5.41, 5.74) is 0.573. The lowest BCUT2D eigenvalue weighted by Gasteiger charge is -2.00. The predicted octanol–water partition coefficient (Wildman–Crippen LogP) is 0.214. The molecule has 8 nitrogen and oxygen atoms in total. The van der Waals surface area contributed by atoms with Crippen molar-refractivity contribution in [3.05, 3.63) is 18.6 Å². The molecule has 0 atom stereocenters. The van der Waals surface area contributed by atoms with E-state index < -0.39 is 5.97 Å². The minimum atomic E-state index is -0.462. The second kappa shape index (κ2) is 5.89. The van der Waals surface area contributed by atoms with Crippen LogP contribution < -0.4 is 4.74 Å². The molecule has 0 aliphatic rings. The first-order valence-electron chi connectivity index (χ1n) is 5.66. The highest BCUT2D eigenvalue weighted by Gasteiger charge is 2.13. The van der Waals surface area contributed by atoms with E-state index in [1.165, 1.54) is 4.68 Å². The van der Waals surface area contributed by atoms with Gasteiger partial charge < -0.3 is 9.47 Å². The maximum Gasteiger partial charge on any atom is 0.344 e. The second-order valence-corrected chi connectivity index (χ2v) is 3.53. The molecule has 0 saturated carbocycles. The van der Waals surface area contributed by atoms with E-state index in [0.29, 0.717) is 18.1 Å². The average Bonchev–Trinajstić information content (AvgIpc) is 2.79. The van der Waals surface area contributed by atoms with Crippen LogP contribution in [0.25, 0.3) is 11.5 Å². The van der Waals surface area contributed by atoms with Crippen LogP contribution in [0.1, 0.15) is 6.92 Å². The van der Waals surface area contributed by atoms with Crippen LogP contribution in [0, 0.1) is 0 Å². The zero-order valence-corrected chi connectivity index (χ0v) is 10.6. The Balaban J connectivity index is 2.07. The summed E-state index contributed by atoms with van der Waals surface area (Å²) in [5, 5.41) is 4.03. The Hall–Kier alpha value is -2.51. The van der Waals surface area contributed by atoms with E-state index in [9.17, 15) is 4.79 Å². The van der Waals surface area contributed by atoms with E-state index in [2.05, 4.69) is 20.1 Å². The number of ether oxygens (including phenoxy) is 2. The van der Waals surface area contributed by atoms with Gasteiger partial charge in [-0.3, -0.25) is 4.98 Å². The summed E-state index contributed by atoms with van der Waals surface area (Å²) >= 11 is 0. The Morgan fingerprint density at radius 1 is 1.42 bits per heavy atom. The molecule has 0 N–H and O–H groups in total. The minimum Gasteiger partial charge on any atom is -0.463 e. The highest BCUT2D eigenvalue weighted by Crippen LogP contribution is 2.15. The molecule has 8 heteroatoms. The summed E-state index contributed by atoms with van der Waals surface area (Å²) in [6.07, 6.45) is 4.69. The second-order valence-electron chi connectivity index (χ2n) is 3.53. The summed E-state index contributed by atoms with van der Waals surface area (Å²) in [6.45, 7) is 1.81. The standard InChI is InChI=1S/C11H13N5O3/c1-3-18-9(17)7-19-11-14-10(16(2)15-11)8-6-12-4-5-13-8/h4-6H,3,7H2,1-2H3. The molecular formula is C11H13N5O3. The van der Waals surface area contributed by atoms with Gasteiger partial charge in [-0.05, 0) is 6.92 Å². The lowest BCUT2D eigenvalue weighted by Crippen LogP contribution is -2.15. The van der Waals surface area contributed by atoms with Crippen LogP contribution in [0.4, 0.5) is 0 Å². The van der Waals surface area contributed by atoms with Gasteiger partial charge in [0.1, 0.15) is 5.69 Å². The summed E-state index contributed by atoms with van der Waals surface area (Å²) in [7, 11) is 1.70. The van der Waals surface area contributed by atoms with Crippen LogP contribution in [-0.2, 0) is 16.6 Å². The van der Waals surface area contributed by atoms with Crippen molar-refractivity contribution in [3.63, 3.8) is 0 Å². The normalized spacial score (nSPS) is 10.2. The molecule has 0 radical (unpaired) electrons. The van der Waals surface area contributed by atoms with Crippen molar-refractivity contribution in [3.8, 4) is 17.5 Å². The molecule has 0 aromatic carbocycles. The Labute approximate surface area is 109 Å². The first-order chi connectivity index (χ1) is 9.20. The van der Waals surface area contributed by atoms with Gasteiger partial charge in [0.25, 0.3) is 0 Å². The van der Waals surface area contributed by atoms with Crippen LogP contribution in [0.15, 0.2) is 18.6 Å². The van der Waals surface area contributed by atoms with Gasteiger partial charge in [0, 0.05) is 19.4 Å². The number of esters is 1. The zero-order valence-electron chi connectivity index (χ0n) is 10.6. The molecule has 0 unspecified atom stereocenters. The first-order valence-corrected chi connectivity index (χ1v) is 5.66. The molecule has 0 aliphatic heterocycles. The van der Waals surface area contributed by atoms with E-state index >= 15 is 0 Å². The zero-order chi connectivity index (χ0) is 13.7. The van der Waals surface area contributed by atoms with Crippen LogP contribution >= 0.6 is 0 Å². The van der Waals surface area contributed by atoms with E-state index in [-0.39, 0.29) is 12.6 Å². The summed E-state index contributed by atoms with van der Waals surface area (Å²) < 4.78 is 11.4. The van der Waals surface area contributed by atoms with Gasteiger partial charge in [0.05, 0.1) is 12.8 Å². The lowest BCUT2D eigenvalue weighted by molar-refractivity contribution is -0.145. The van der Waals surface area contributed by atoms with Crippen molar-refractivity contribution in [1.29, 1.82) is 0 Å². The fourth-order valence-electron chi connectivity index (χ4n) is 1.39. The minimum absolute atomic E-state index is 0.0937. The topological polar surface area (TPSA) is 92.0 Å². The SMILES string of the molecule is CCOC(=O)COc1nc(-c2cnccn2)n(C)n1. The Kier molecular flexibility index (Phi) is 4.01. The smallest absolute Gasteiger partial charge is 0.344 e. The van der Waals surface area contributed by atoms with Crippen molar-refractivity contribution in [1.82, 2.24) is 24.7 Å². The third-order valence-corrected chi connectivity index (χ3v) is 2.16. The number of hydrogen-bond acceptors (Lipinski definition) is 7. The number of carbonyl (C=O) groups excluding carboxylic acids is 1. The third kappa shape index (κ3) is 3.24. The fraction of sp³-hybridized carbons (Fsp3) is 0.364. The molecule has 0 spiro atoms. The molecule has 0 fully saturated rings. The molecular weight excluding hydrogens is 250 g/mol. The van der Waals surface area contributed by atoms with Crippen molar-refractivity contribution in [2.24, 2.45) is 7.05 Å². The van der Waals surface area contributed by atoms with Crippen LogP contribution in [-0.4, -0.2) is 43.9 Å². The Morgan fingerprint density at radius 2 is 2.26 bits per heavy atom. The van der Waals surface area contributed by atoms with E-state index in [4.69, 9.17) is 9.47 Å². The molecule has 0 saturated heterocycles. The third-order valence-electron chi connectivity index (χ3n) is 2.16. The molecule has 100 valence electrons. The Bertz CT molecular complexity index is 555. The quantitative estimate of drug-likeness (QED) is 0.712. The van der Waals surface area contributed by atoms with E-state index in [0.717, 1.165) is 0 Å². The molecule has 0 aliphatic carbocycles. The van der Waals surface area contributed by atoms with Gasteiger partial charge in [0.15, 0.2) is 12.4 Å². The van der Waals surface area contributed by atoms with Gasteiger partial charge in [-0.1, -0.05) is 0 Å². The van der Waals surface area contributed by atoms with Crippen LogP contribution in [0.3, 0.4) is 0 Å². The molecule has 2 rings (SSSR count). The largest absolute Gasteiger partial charge is 0.463 e. The molecule has 0 bridgehead atoms.